The van der Waals surface area contributed by atoms with Crippen LogP contribution in [0.4, 0.5) is 0 Å². The molecule has 18 heavy (non-hydrogen) atoms. The average Bonchev–Trinajstić information content (AvgIpc) is 2.34. The Bertz CT molecular complexity index is 383. The summed E-state index contributed by atoms with van der Waals surface area (Å²) in [5, 5.41) is 10.3. The monoisotopic (exact) mass is 249 g/mol. The highest BCUT2D eigenvalue weighted by molar-refractivity contribution is 5.37. The van der Waals surface area contributed by atoms with E-state index in [0.29, 0.717) is 0 Å². The summed E-state index contributed by atoms with van der Waals surface area (Å²) in [6.07, 6.45) is 0.468. The van der Waals surface area contributed by atoms with Gasteiger partial charge in [-0.15, -0.1) is 0 Å². The Hall–Kier alpha value is -0.860. The smallest absolute Gasteiger partial charge is 0.0804 e. The Morgan fingerprint density at radius 3 is 2.11 bits per heavy atom. The van der Waals surface area contributed by atoms with Crippen LogP contribution in [0, 0.1) is 20.8 Å². The quantitative estimate of drug-likeness (QED) is 0.835. The van der Waals surface area contributed by atoms with Crippen molar-refractivity contribution >= 4 is 0 Å². The second-order valence-corrected chi connectivity index (χ2v) is 5.12. The minimum atomic E-state index is -0.343. The van der Waals surface area contributed by atoms with Crippen LogP contribution in [-0.4, -0.2) is 29.6 Å². The van der Waals surface area contributed by atoms with Crippen molar-refractivity contribution in [3.8, 4) is 0 Å². The number of nitrogens with zero attached hydrogens (tertiary/aromatic N) is 1. The molecule has 0 aliphatic rings. The molecule has 2 nitrogen and oxygen atoms in total. The molecule has 1 N–H and O–H groups in total. The van der Waals surface area contributed by atoms with Gasteiger partial charge in [-0.2, -0.15) is 0 Å². The maximum absolute atomic E-state index is 10.3. The Labute approximate surface area is 112 Å². The Balaban J connectivity index is 2.72. The number of aliphatic hydroxyl groups excluding tert-OH is 1. The van der Waals surface area contributed by atoms with Gasteiger partial charge in [0.1, 0.15) is 0 Å². The molecule has 0 saturated carbocycles. The van der Waals surface area contributed by atoms with Crippen LogP contribution in [0.2, 0.25) is 0 Å². The van der Waals surface area contributed by atoms with Crippen LogP contribution < -0.4 is 0 Å². The summed E-state index contributed by atoms with van der Waals surface area (Å²) >= 11 is 0. The molecule has 0 saturated heterocycles. The molecule has 1 rings (SSSR count). The summed E-state index contributed by atoms with van der Waals surface area (Å²) in [6, 6.07) is 4.31. The van der Waals surface area contributed by atoms with Gasteiger partial charge >= 0.3 is 0 Å². The lowest BCUT2D eigenvalue weighted by Gasteiger charge is -2.21. The molecular weight excluding hydrogens is 222 g/mol. The van der Waals surface area contributed by atoms with E-state index in [2.05, 4.69) is 51.7 Å². The highest BCUT2D eigenvalue weighted by atomic mass is 16.3. The molecule has 0 aliphatic carbocycles. The Morgan fingerprint density at radius 2 is 1.56 bits per heavy atom. The number of benzene rings is 1. The minimum absolute atomic E-state index is 0.343. The first kappa shape index (κ1) is 15.2. The fourth-order valence-corrected chi connectivity index (χ4v) is 2.34. The van der Waals surface area contributed by atoms with E-state index in [1.165, 1.54) is 16.7 Å². The average molecular weight is 249 g/mol. The fraction of sp³-hybridized carbons (Fsp3) is 0.625. The van der Waals surface area contributed by atoms with E-state index < -0.39 is 0 Å². The maximum Gasteiger partial charge on any atom is 0.0804 e. The van der Waals surface area contributed by atoms with Gasteiger partial charge in [0.15, 0.2) is 0 Å². The molecule has 2 heteroatoms. The Morgan fingerprint density at radius 1 is 1.00 bits per heavy atom. The third-order valence-corrected chi connectivity index (χ3v) is 3.85. The molecule has 1 aromatic rings. The second-order valence-electron chi connectivity index (χ2n) is 5.12. The number of aryl methyl sites for hydroxylation is 3. The third kappa shape index (κ3) is 3.82. The van der Waals surface area contributed by atoms with Crippen molar-refractivity contribution in [2.45, 2.75) is 47.1 Å². The number of rotatable bonds is 6. The standard InChI is InChI=1S/C16H27NO/c1-6-17(7-2)9-8-16(18)15-11-13(4)12(3)10-14(15)5/h10-11,16,18H,6-9H2,1-5H3. The zero-order valence-corrected chi connectivity index (χ0v) is 12.5. The number of hydrogen-bond acceptors (Lipinski definition) is 2. The molecule has 0 bridgehead atoms. The van der Waals surface area contributed by atoms with Crippen LogP contribution in [0.15, 0.2) is 12.1 Å². The van der Waals surface area contributed by atoms with Crippen LogP contribution in [0.3, 0.4) is 0 Å². The molecule has 0 spiro atoms. The van der Waals surface area contributed by atoms with Gasteiger partial charge in [-0.3, -0.25) is 0 Å². The van der Waals surface area contributed by atoms with Crippen molar-refractivity contribution < 1.29 is 5.11 Å². The molecular formula is C16H27NO. The predicted molar refractivity (Wildman–Crippen MR) is 78.0 cm³/mol. The lowest BCUT2D eigenvalue weighted by molar-refractivity contribution is 0.144. The van der Waals surface area contributed by atoms with E-state index in [0.717, 1.165) is 31.6 Å². The van der Waals surface area contributed by atoms with Gasteiger partial charge in [0, 0.05) is 6.54 Å². The van der Waals surface area contributed by atoms with Crippen molar-refractivity contribution in [3.63, 3.8) is 0 Å². The first-order valence-corrected chi connectivity index (χ1v) is 6.97. The van der Waals surface area contributed by atoms with Gasteiger partial charge in [-0.25, -0.2) is 0 Å². The van der Waals surface area contributed by atoms with Gasteiger partial charge in [0.25, 0.3) is 0 Å². The number of hydrogen-bond donors (Lipinski definition) is 1. The minimum Gasteiger partial charge on any atom is -0.388 e. The fourth-order valence-electron chi connectivity index (χ4n) is 2.34. The third-order valence-electron chi connectivity index (χ3n) is 3.85. The van der Waals surface area contributed by atoms with Gasteiger partial charge in [0.2, 0.25) is 0 Å². The van der Waals surface area contributed by atoms with Crippen molar-refractivity contribution in [3.05, 3.63) is 34.4 Å². The van der Waals surface area contributed by atoms with E-state index in [1.807, 2.05) is 0 Å². The van der Waals surface area contributed by atoms with Crippen LogP contribution in [0.25, 0.3) is 0 Å². The summed E-state index contributed by atoms with van der Waals surface area (Å²) in [6.45, 7) is 13.7. The van der Waals surface area contributed by atoms with Gasteiger partial charge < -0.3 is 10.0 Å². The van der Waals surface area contributed by atoms with Gasteiger partial charge in [-0.1, -0.05) is 26.0 Å². The van der Waals surface area contributed by atoms with E-state index in [4.69, 9.17) is 0 Å². The zero-order chi connectivity index (χ0) is 13.7. The Kier molecular flexibility index (Phi) is 5.83. The first-order chi connectivity index (χ1) is 8.49. The topological polar surface area (TPSA) is 23.5 Å². The molecule has 0 heterocycles. The molecule has 0 radical (unpaired) electrons. The molecule has 1 atom stereocenters. The summed E-state index contributed by atoms with van der Waals surface area (Å²) in [7, 11) is 0. The predicted octanol–water partition coefficient (Wildman–Crippen LogP) is 3.38. The summed E-state index contributed by atoms with van der Waals surface area (Å²) in [5.41, 5.74) is 4.85. The van der Waals surface area contributed by atoms with E-state index in [1.54, 1.807) is 0 Å². The lowest BCUT2D eigenvalue weighted by Crippen LogP contribution is -2.25. The van der Waals surface area contributed by atoms with Crippen molar-refractivity contribution in [1.29, 1.82) is 0 Å². The highest BCUT2D eigenvalue weighted by Crippen LogP contribution is 2.24. The SMILES string of the molecule is CCN(CC)CCC(O)c1cc(C)c(C)cc1C. The second kappa shape index (κ2) is 6.91. The van der Waals surface area contributed by atoms with Crippen molar-refractivity contribution in [2.75, 3.05) is 19.6 Å². The van der Waals surface area contributed by atoms with Crippen molar-refractivity contribution in [1.82, 2.24) is 4.90 Å². The first-order valence-electron chi connectivity index (χ1n) is 6.97. The molecule has 1 aromatic carbocycles. The molecule has 0 aromatic heterocycles. The van der Waals surface area contributed by atoms with Gasteiger partial charge in [-0.05, 0) is 62.5 Å². The van der Waals surface area contributed by atoms with Crippen LogP contribution in [0.5, 0.6) is 0 Å². The zero-order valence-electron chi connectivity index (χ0n) is 12.5. The normalized spacial score (nSPS) is 13.1. The summed E-state index contributed by atoms with van der Waals surface area (Å²) in [5.74, 6) is 0. The molecule has 1 unspecified atom stereocenters. The van der Waals surface area contributed by atoms with Crippen LogP contribution >= 0.6 is 0 Å². The molecule has 0 aliphatic heterocycles. The molecule has 102 valence electrons. The maximum atomic E-state index is 10.3. The summed E-state index contributed by atoms with van der Waals surface area (Å²) in [4.78, 5) is 2.35. The van der Waals surface area contributed by atoms with E-state index in [-0.39, 0.29) is 6.10 Å². The van der Waals surface area contributed by atoms with Crippen LogP contribution in [0.1, 0.15) is 48.6 Å². The van der Waals surface area contributed by atoms with Gasteiger partial charge in [0.05, 0.1) is 6.10 Å². The molecule has 0 fully saturated rings. The summed E-state index contributed by atoms with van der Waals surface area (Å²) < 4.78 is 0. The van der Waals surface area contributed by atoms with E-state index >= 15 is 0 Å². The number of aliphatic hydroxyl groups is 1. The van der Waals surface area contributed by atoms with Crippen LogP contribution in [-0.2, 0) is 0 Å². The molecule has 0 amide bonds. The van der Waals surface area contributed by atoms with Crippen molar-refractivity contribution in [2.24, 2.45) is 0 Å². The largest absolute Gasteiger partial charge is 0.388 e. The van der Waals surface area contributed by atoms with E-state index in [9.17, 15) is 5.11 Å². The highest BCUT2D eigenvalue weighted by Gasteiger charge is 2.13. The lowest BCUT2D eigenvalue weighted by atomic mass is 9.96.